The summed E-state index contributed by atoms with van der Waals surface area (Å²) in [5, 5.41) is 13.7. The van der Waals surface area contributed by atoms with Crippen LogP contribution in [0.15, 0.2) is 29.6 Å². The van der Waals surface area contributed by atoms with E-state index in [0.29, 0.717) is 12.2 Å². The van der Waals surface area contributed by atoms with Gasteiger partial charge in [0.1, 0.15) is 0 Å². The van der Waals surface area contributed by atoms with Gasteiger partial charge in [-0.1, -0.05) is 10.6 Å². The van der Waals surface area contributed by atoms with E-state index in [4.69, 9.17) is 5.14 Å². The minimum Gasteiger partial charge on any atom is -0.379 e. The molecule has 0 aliphatic heterocycles. The second-order valence-corrected chi connectivity index (χ2v) is 5.38. The molecule has 7 nitrogen and oxygen atoms in total. The van der Waals surface area contributed by atoms with Crippen LogP contribution in [0, 0.1) is 0 Å². The molecule has 0 aliphatic carbocycles. The summed E-state index contributed by atoms with van der Waals surface area (Å²) in [4.78, 5) is 0. The van der Waals surface area contributed by atoms with Gasteiger partial charge in [-0.15, -0.1) is 5.10 Å². The van der Waals surface area contributed by atoms with Gasteiger partial charge in [0.05, 0.1) is 17.9 Å². The van der Waals surface area contributed by atoms with Crippen LogP contribution >= 0.6 is 11.5 Å². The van der Waals surface area contributed by atoms with Gasteiger partial charge < -0.3 is 5.32 Å². The minimum absolute atomic E-state index is 0.402. The highest BCUT2D eigenvalue weighted by Gasteiger charge is 2.03. The van der Waals surface area contributed by atoms with Crippen molar-refractivity contribution in [3.63, 3.8) is 0 Å². The monoisotopic (exact) mass is 285 g/mol. The Bertz CT molecular complexity index is 612. The molecule has 2 rings (SSSR count). The first kappa shape index (κ1) is 12.7. The third kappa shape index (κ3) is 3.95. The number of benzene rings is 1. The number of hydrogen-bond acceptors (Lipinski definition) is 6. The average molecular weight is 285 g/mol. The van der Waals surface area contributed by atoms with Crippen molar-refractivity contribution < 1.29 is 8.42 Å². The van der Waals surface area contributed by atoms with Crippen LogP contribution in [0.5, 0.6) is 0 Å². The molecule has 1 heterocycles. The summed E-state index contributed by atoms with van der Waals surface area (Å²) in [6, 6.07) is 6.79. The molecular formula is C9H11N5O2S2. The van der Waals surface area contributed by atoms with Crippen LogP contribution in [0.3, 0.4) is 0 Å². The molecular weight excluding hydrogens is 274 g/mol. The molecule has 9 heteroatoms. The lowest BCUT2D eigenvalue weighted by Gasteiger charge is -2.07. The molecule has 0 atom stereocenters. The number of nitrogens with zero attached hydrogens (tertiary/aromatic N) is 2. The highest BCUT2D eigenvalue weighted by Crippen LogP contribution is 2.16. The molecule has 0 saturated heterocycles. The van der Waals surface area contributed by atoms with Gasteiger partial charge in [0.15, 0.2) is 0 Å². The van der Waals surface area contributed by atoms with E-state index >= 15 is 0 Å². The minimum atomic E-state index is -3.75. The number of rotatable bonds is 5. The van der Waals surface area contributed by atoms with E-state index in [-0.39, 0.29) is 0 Å². The van der Waals surface area contributed by atoms with E-state index in [1.54, 1.807) is 18.2 Å². The second kappa shape index (κ2) is 5.29. The first-order valence-electron chi connectivity index (χ1n) is 4.93. The molecule has 0 unspecified atom stereocenters. The van der Waals surface area contributed by atoms with E-state index in [0.717, 1.165) is 11.4 Å². The zero-order chi connectivity index (χ0) is 13.0. The molecule has 0 radical (unpaired) electrons. The molecule has 1 aromatic carbocycles. The molecule has 0 fully saturated rings. The maximum Gasteiger partial charge on any atom is 0.296 e. The summed E-state index contributed by atoms with van der Waals surface area (Å²) in [5.41, 5.74) is 1.99. The van der Waals surface area contributed by atoms with Crippen molar-refractivity contribution >= 4 is 33.1 Å². The van der Waals surface area contributed by atoms with Crippen molar-refractivity contribution in [2.45, 2.75) is 6.54 Å². The smallest absolute Gasteiger partial charge is 0.296 e. The van der Waals surface area contributed by atoms with Crippen molar-refractivity contribution in [3.05, 3.63) is 35.3 Å². The maximum absolute atomic E-state index is 10.9. The second-order valence-electron chi connectivity index (χ2n) is 3.48. The van der Waals surface area contributed by atoms with Gasteiger partial charge in [-0.25, -0.2) is 5.14 Å². The van der Waals surface area contributed by atoms with Crippen molar-refractivity contribution in [2.75, 3.05) is 10.0 Å². The molecule has 96 valence electrons. The fourth-order valence-corrected chi connectivity index (χ4v) is 2.22. The van der Waals surface area contributed by atoms with E-state index in [9.17, 15) is 8.42 Å². The van der Waals surface area contributed by atoms with Gasteiger partial charge in [-0.3, -0.25) is 4.72 Å². The normalized spacial score (nSPS) is 11.2. The molecule has 1 aromatic heterocycles. The number of hydrogen-bond donors (Lipinski definition) is 3. The third-order valence-electron chi connectivity index (χ3n) is 2.00. The van der Waals surface area contributed by atoms with Crippen molar-refractivity contribution in [1.82, 2.24) is 9.59 Å². The number of nitrogens with two attached hydrogens (primary N) is 1. The Hall–Kier alpha value is -1.71. The van der Waals surface area contributed by atoms with E-state index in [1.807, 2.05) is 11.4 Å². The van der Waals surface area contributed by atoms with Crippen molar-refractivity contribution in [1.29, 1.82) is 0 Å². The highest BCUT2D eigenvalue weighted by molar-refractivity contribution is 7.90. The van der Waals surface area contributed by atoms with Crippen molar-refractivity contribution in [2.24, 2.45) is 5.14 Å². The largest absolute Gasteiger partial charge is 0.379 e. The van der Waals surface area contributed by atoms with Gasteiger partial charge >= 0.3 is 0 Å². The molecule has 18 heavy (non-hydrogen) atoms. The molecule has 0 saturated carbocycles. The summed E-state index contributed by atoms with van der Waals surface area (Å²) in [7, 11) is -3.75. The third-order valence-corrected chi connectivity index (χ3v) is 3.08. The van der Waals surface area contributed by atoms with Gasteiger partial charge in [0.2, 0.25) is 0 Å². The summed E-state index contributed by atoms with van der Waals surface area (Å²) >= 11 is 1.28. The Morgan fingerprint density at radius 3 is 2.78 bits per heavy atom. The lowest BCUT2D eigenvalue weighted by Crippen LogP contribution is -2.21. The molecule has 4 N–H and O–H groups in total. The number of nitrogens with one attached hydrogen (secondary N) is 2. The van der Waals surface area contributed by atoms with Crippen LogP contribution in [0.1, 0.15) is 5.69 Å². The maximum atomic E-state index is 10.9. The Balaban J connectivity index is 2.03. The zero-order valence-electron chi connectivity index (χ0n) is 9.20. The molecule has 0 amide bonds. The standard InChI is InChI=1S/C9H11N5O2S2/c10-18(15,16)13-8-3-1-2-7(4-8)11-5-9-6-17-14-12-9/h1-4,6,11,13H,5H2,(H2,10,15,16). The Labute approximate surface area is 108 Å². The number of anilines is 2. The van der Waals surface area contributed by atoms with Crippen LogP contribution < -0.4 is 15.2 Å². The van der Waals surface area contributed by atoms with E-state index in [2.05, 4.69) is 19.6 Å². The summed E-state index contributed by atoms with van der Waals surface area (Å²) in [6.45, 7) is 0.523. The molecule has 0 spiro atoms. The predicted molar refractivity (Wildman–Crippen MR) is 70.4 cm³/mol. The SMILES string of the molecule is NS(=O)(=O)Nc1cccc(NCc2csnn2)c1. The molecule has 0 bridgehead atoms. The van der Waals surface area contributed by atoms with Crippen LogP contribution in [0.2, 0.25) is 0 Å². The first-order chi connectivity index (χ1) is 8.53. The zero-order valence-corrected chi connectivity index (χ0v) is 10.8. The Kier molecular flexibility index (Phi) is 3.75. The molecule has 2 aromatic rings. The van der Waals surface area contributed by atoms with E-state index in [1.165, 1.54) is 11.5 Å². The van der Waals surface area contributed by atoms with Crippen LogP contribution in [-0.2, 0) is 16.8 Å². The highest BCUT2D eigenvalue weighted by atomic mass is 32.2. The van der Waals surface area contributed by atoms with Gasteiger partial charge in [0.25, 0.3) is 10.2 Å². The quantitative estimate of drug-likeness (QED) is 0.751. The Morgan fingerprint density at radius 1 is 1.33 bits per heavy atom. The number of aromatic nitrogens is 2. The average Bonchev–Trinajstić information content (AvgIpc) is 2.77. The van der Waals surface area contributed by atoms with Crippen LogP contribution in [-0.4, -0.2) is 18.0 Å². The summed E-state index contributed by atoms with van der Waals surface area (Å²) in [6.07, 6.45) is 0. The van der Waals surface area contributed by atoms with Gasteiger partial charge in [-0.05, 0) is 29.7 Å². The topological polar surface area (TPSA) is 110 Å². The molecule has 0 aliphatic rings. The van der Waals surface area contributed by atoms with E-state index < -0.39 is 10.2 Å². The lowest BCUT2D eigenvalue weighted by atomic mass is 10.3. The predicted octanol–water partition coefficient (Wildman–Crippen LogP) is 0.766. The first-order valence-corrected chi connectivity index (χ1v) is 7.32. The summed E-state index contributed by atoms with van der Waals surface area (Å²) < 4.78 is 27.7. The fourth-order valence-electron chi connectivity index (χ4n) is 1.31. The Morgan fingerprint density at radius 2 is 2.11 bits per heavy atom. The van der Waals surface area contributed by atoms with Crippen molar-refractivity contribution in [3.8, 4) is 0 Å². The van der Waals surface area contributed by atoms with Gasteiger partial charge in [-0.2, -0.15) is 8.42 Å². The lowest BCUT2D eigenvalue weighted by molar-refractivity contribution is 0.603. The fraction of sp³-hybridized carbons (Fsp3) is 0.111. The summed E-state index contributed by atoms with van der Waals surface area (Å²) in [5.74, 6) is 0. The van der Waals surface area contributed by atoms with Gasteiger partial charge in [0, 0.05) is 11.1 Å². The van der Waals surface area contributed by atoms with Crippen LogP contribution in [0.25, 0.3) is 0 Å². The van der Waals surface area contributed by atoms with Crippen LogP contribution in [0.4, 0.5) is 11.4 Å².